The lowest BCUT2D eigenvalue weighted by atomic mass is 10.2. The van der Waals surface area contributed by atoms with E-state index in [9.17, 15) is 8.42 Å². The predicted octanol–water partition coefficient (Wildman–Crippen LogP) is 2.86. The molecule has 7 heteroatoms. The number of fused-ring (bicyclic) bond motifs is 1. The first-order valence-electron chi connectivity index (χ1n) is 8.39. The van der Waals surface area contributed by atoms with Crippen molar-refractivity contribution in [1.29, 1.82) is 0 Å². The number of hydrogen-bond donors (Lipinski definition) is 1. The number of nitrogens with zero attached hydrogens (tertiary/aromatic N) is 1. The van der Waals surface area contributed by atoms with E-state index < -0.39 is 10.0 Å². The number of nitrogens with one attached hydrogen (secondary N) is 1. The van der Waals surface area contributed by atoms with Crippen molar-refractivity contribution in [1.82, 2.24) is 0 Å². The van der Waals surface area contributed by atoms with Gasteiger partial charge in [0.1, 0.15) is 13.2 Å². The van der Waals surface area contributed by atoms with Gasteiger partial charge in [0.2, 0.25) is 0 Å². The Morgan fingerprint density at radius 1 is 0.920 bits per heavy atom. The Morgan fingerprint density at radius 3 is 2.48 bits per heavy atom. The fourth-order valence-electron chi connectivity index (χ4n) is 3.15. The van der Waals surface area contributed by atoms with Gasteiger partial charge < -0.3 is 14.4 Å². The van der Waals surface area contributed by atoms with E-state index in [-0.39, 0.29) is 4.90 Å². The maximum Gasteiger partial charge on any atom is 0.262 e. The van der Waals surface area contributed by atoms with Crippen LogP contribution >= 0.6 is 0 Å². The fourth-order valence-corrected chi connectivity index (χ4v) is 4.21. The van der Waals surface area contributed by atoms with E-state index in [1.54, 1.807) is 12.1 Å². The number of anilines is 2. The number of hydrogen-bond acceptors (Lipinski definition) is 5. The standard InChI is InChI=1S/C18H20N2O4S/c21-25(22,16-6-7-17-18(13-16)24-11-10-23-17)19-14-4-3-5-15(12-14)20-8-1-2-9-20/h3-7,12-13,19H,1-2,8-11H2. The van der Waals surface area contributed by atoms with Crippen LogP contribution in [-0.2, 0) is 10.0 Å². The largest absolute Gasteiger partial charge is 0.486 e. The molecule has 0 radical (unpaired) electrons. The molecule has 132 valence electrons. The molecule has 2 aliphatic heterocycles. The van der Waals surface area contributed by atoms with Gasteiger partial charge in [-0.2, -0.15) is 0 Å². The van der Waals surface area contributed by atoms with Gasteiger partial charge in [0.25, 0.3) is 10.0 Å². The second-order valence-electron chi connectivity index (χ2n) is 6.16. The van der Waals surface area contributed by atoms with E-state index in [1.165, 1.54) is 25.0 Å². The summed E-state index contributed by atoms with van der Waals surface area (Å²) in [5.74, 6) is 1.03. The van der Waals surface area contributed by atoms with E-state index in [2.05, 4.69) is 9.62 Å². The van der Waals surface area contributed by atoms with Crippen molar-refractivity contribution in [2.45, 2.75) is 17.7 Å². The third-order valence-electron chi connectivity index (χ3n) is 4.39. The van der Waals surface area contributed by atoms with Crippen LogP contribution in [0.1, 0.15) is 12.8 Å². The van der Waals surface area contributed by atoms with Gasteiger partial charge in [-0.25, -0.2) is 8.42 Å². The summed E-state index contributed by atoms with van der Waals surface area (Å²) in [6.07, 6.45) is 2.35. The fraction of sp³-hybridized carbons (Fsp3) is 0.333. The highest BCUT2D eigenvalue weighted by Gasteiger charge is 2.20. The number of rotatable bonds is 4. The van der Waals surface area contributed by atoms with E-state index in [1.807, 2.05) is 18.2 Å². The summed E-state index contributed by atoms with van der Waals surface area (Å²) >= 11 is 0. The molecule has 0 aromatic heterocycles. The van der Waals surface area contributed by atoms with Gasteiger partial charge in [-0.15, -0.1) is 0 Å². The molecule has 0 amide bonds. The predicted molar refractivity (Wildman–Crippen MR) is 96.1 cm³/mol. The zero-order valence-electron chi connectivity index (χ0n) is 13.8. The van der Waals surface area contributed by atoms with Crippen LogP contribution in [0.2, 0.25) is 0 Å². The van der Waals surface area contributed by atoms with Crippen molar-refractivity contribution < 1.29 is 17.9 Å². The molecule has 2 aromatic carbocycles. The number of sulfonamides is 1. The maximum atomic E-state index is 12.7. The van der Waals surface area contributed by atoms with Crippen molar-refractivity contribution in [2.24, 2.45) is 0 Å². The van der Waals surface area contributed by atoms with Crippen molar-refractivity contribution in [2.75, 3.05) is 35.9 Å². The molecule has 2 aromatic rings. The highest BCUT2D eigenvalue weighted by Crippen LogP contribution is 2.33. The molecule has 2 heterocycles. The molecular weight excluding hydrogens is 340 g/mol. The molecule has 6 nitrogen and oxygen atoms in total. The van der Waals surface area contributed by atoms with Crippen molar-refractivity contribution in [3.05, 3.63) is 42.5 Å². The Labute approximate surface area is 147 Å². The first-order valence-corrected chi connectivity index (χ1v) is 9.88. The second-order valence-corrected chi connectivity index (χ2v) is 7.84. The molecule has 0 unspecified atom stereocenters. The third kappa shape index (κ3) is 3.37. The molecule has 0 saturated carbocycles. The Morgan fingerprint density at radius 2 is 1.68 bits per heavy atom. The normalized spacial score (nSPS) is 16.7. The minimum atomic E-state index is -3.69. The zero-order valence-corrected chi connectivity index (χ0v) is 14.6. The van der Waals surface area contributed by atoms with Crippen molar-refractivity contribution in [3.8, 4) is 11.5 Å². The Hall–Kier alpha value is -2.41. The van der Waals surface area contributed by atoms with Crippen LogP contribution in [-0.4, -0.2) is 34.7 Å². The zero-order chi connectivity index (χ0) is 17.3. The van der Waals surface area contributed by atoms with Gasteiger partial charge in [-0.3, -0.25) is 4.72 Å². The van der Waals surface area contributed by atoms with Crippen LogP contribution in [0, 0.1) is 0 Å². The van der Waals surface area contributed by atoms with Gasteiger partial charge in [-0.1, -0.05) is 6.07 Å². The quantitative estimate of drug-likeness (QED) is 0.908. The average molecular weight is 360 g/mol. The Kier molecular flexibility index (Phi) is 4.17. The van der Waals surface area contributed by atoms with E-state index in [0.717, 1.165) is 18.8 Å². The van der Waals surface area contributed by atoms with Crippen LogP contribution in [0.3, 0.4) is 0 Å². The molecule has 1 saturated heterocycles. The van der Waals surface area contributed by atoms with Gasteiger partial charge in [-0.05, 0) is 43.2 Å². The number of ether oxygens (including phenoxy) is 2. The second kappa shape index (κ2) is 6.48. The van der Waals surface area contributed by atoms with E-state index in [4.69, 9.17) is 9.47 Å². The molecule has 0 aliphatic carbocycles. The van der Waals surface area contributed by atoms with E-state index >= 15 is 0 Å². The molecule has 1 N–H and O–H groups in total. The van der Waals surface area contributed by atoms with Crippen molar-refractivity contribution >= 4 is 21.4 Å². The minimum absolute atomic E-state index is 0.156. The summed E-state index contributed by atoms with van der Waals surface area (Å²) in [5, 5.41) is 0. The Balaban J connectivity index is 1.58. The third-order valence-corrected chi connectivity index (χ3v) is 5.77. The maximum absolute atomic E-state index is 12.7. The van der Waals surface area contributed by atoms with Gasteiger partial charge in [0.15, 0.2) is 11.5 Å². The lowest BCUT2D eigenvalue weighted by Crippen LogP contribution is -2.19. The average Bonchev–Trinajstić information content (AvgIpc) is 3.16. The molecule has 0 spiro atoms. The molecule has 25 heavy (non-hydrogen) atoms. The lowest BCUT2D eigenvalue weighted by molar-refractivity contribution is 0.171. The highest BCUT2D eigenvalue weighted by atomic mass is 32.2. The monoisotopic (exact) mass is 360 g/mol. The summed E-state index contributed by atoms with van der Waals surface area (Å²) in [4.78, 5) is 2.42. The molecular formula is C18H20N2O4S. The van der Waals surface area contributed by atoms with Crippen LogP contribution in [0.4, 0.5) is 11.4 Å². The van der Waals surface area contributed by atoms with Gasteiger partial charge in [0.05, 0.1) is 10.6 Å². The molecule has 1 fully saturated rings. The first-order chi connectivity index (χ1) is 12.1. The van der Waals surface area contributed by atoms with Crippen LogP contribution in [0.25, 0.3) is 0 Å². The van der Waals surface area contributed by atoms with Crippen molar-refractivity contribution in [3.63, 3.8) is 0 Å². The molecule has 0 bridgehead atoms. The summed E-state index contributed by atoms with van der Waals surface area (Å²) in [6, 6.07) is 12.2. The smallest absolute Gasteiger partial charge is 0.262 e. The molecule has 0 atom stereocenters. The summed E-state index contributed by atoms with van der Waals surface area (Å²) in [6.45, 7) is 2.92. The topological polar surface area (TPSA) is 67.9 Å². The first kappa shape index (κ1) is 16.1. The van der Waals surface area contributed by atoms with Gasteiger partial charge >= 0.3 is 0 Å². The highest BCUT2D eigenvalue weighted by molar-refractivity contribution is 7.92. The van der Waals surface area contributed by atoms with Crippen LogP contribution in [0.5, 0.6) is 11.5 Å². The molecule has 4 rings (SSSR count). The summed E-state index contributed by atoms with van der Waals surface area (Å²) < 4.78 is 39.0. The summed E-state index contributed by atoms with van der Waals surface area (Å²) in [7, 11) is -3.69. The van der Waals surface area contributed by atoms with Crippen LogP contribution in [0.15, 0.2) is 47.4 Å². The minimum Gasteiger partial charge on any atom is -0.486 e. The Bertz CT molecular complexity index is 876. The van der Waals surface area contributed by atoms with E-state index in [0.29, 0.717) is 30.4 Å². The van der Waals surface area contributed by atoms with Crippen LogP contribution < -0.4 is 19.1 Å². The number of benzene rings is 2. The summed E-state index contributed by atoms with van der Waals surface area (Å²) in [5.41, 5.74) is 1.60. The van der Waals surface area contributed by atoms with Gasteiger partial charge in [0, 0.05) is 24.8 Å². The lowest BCUT2D eigenvalue weighted by Gasteiger charge is -2.20. The molecule has 2 aliphatic rings. The SMILES string of the molecule is O=S(=O)(Nc1cccc(N2CCCC2)c1)c1ccc2c(c1)OCCO2.